The van der Waals surface area contributed by atoms with E-state index in [1.165, 1.54) is 42.7 Å². The first-order valence-corrected chi connectivity index (χ1v) is 12.2. The normalized spacial score (nSPS) is 12.6. The molecule has 0 fully saturated rings. The second kappa shape index (κ2) is 8.91. The van der Waals surface area contributed by atoms with Crippen LogP contribution in [0, 0.1) is 0 Å². The second-order valence-electron chi connectivity index (χ2n) is 6.72. The smallest absolute Gasteiger partial charge is 0.275 e. The van der Waals surface area contributed by atoms with E-state index in [4.69, 9.17) is 16.0 Å². The second-order valence-corrected chi connectivity index (χ2v) is 11.2. The molecule has 0 aliphatic rings. The van der Waals surface area contributed by atoms with Gasteiger partial charge in [0.05, 0.1) is 11.4 Å². The molecule has 1 heterocycles. The minimum absolute atomic E-state index is 0.0404. The summed E-state index contributed by atoms with van der Waals surface area (Å²) in [5.41, 5.74) is 0.774. The number of hydrogen-bond donors (Lipinski definition) is 0. The SMILES string of the molecule is CN(C)S(=O)(=O)c1ccc(CN(Cc2ccccc2)S(=O)(=O)c2cccc(Cl)c2)o1. The van der Waals surface area contributed by atoms with E-state index in [2.05, 4.69) is 0 Å². The van der Waals surface area contributed by atoms with Gasteiger partial charge in [-0.2, -0.15) is 4.31 Å². The van der Waals surface area contributed by atoms with Gasteiger partial charge >= 0.3 is 0 Å². The standard InChI is InChI=1S/C20H21ClN2O5S2/c1-22(2)30(26,27)20-12-11-18(28-20)15-23(14-16-7-4-3-5-8-16)29(24,25)19-10-6-9-17(21)13-19/h3-13H,14-15H2,1-2H3. The summed E-state index contributed by atoms with van der Waals surface area (Å²) in [6.45, 7) is -0.0706. The summed E-state index contributed by atoms with van der Waals surface area (Å²) in [6, 6.07) is 17.8. The minimum Gasteiger partial charge on any atom is -0.447 e. The van der Waals surface area contributed by atoms with Crippen molar-refractivity contribution in [2.45, 2.75) is 23.1 Å². The van der Waals surface area contributed by atoms with Crippen LogP contribution in [-0.2, 0) is 33.1 Å². The Balaban J connectivity index is 1.98. The molecule has 3 rings (SSSR count). The van der Waals surface area contributed by atoms with Crippen LogP contribution in [0.1, 0.15) is 11.3 Å². The van der Waals surface area contributed by atoms with Crippen molar-refractivity contribution < 1.29 is 21.3 Å². The Morgan fingerprint density at radius 1 is 0.833 bits per heavy atom. The number of furan rings is 1. The fraction of sp³-hybridized carbons (Fsp3) is 0.200. The minimum atomic E-state index is -3.93. The van der Waals surface area contributed by atoms with E-state index in [-0.39, 0.29) is 28.8 Å². The van der Waals surface area contributed by atoms with Crippen molar-refractivity contribution in [2.24, 2.45) is 0 Å². The Bertz CT molecular complexity index is 1220. The molecular formula is C20H21ClN2O5S2. The highest BCUT2D eigenvalue weighted by Crippen LogP contribution is 2.25. The van der Waals surface area contributed by atoms with Crippen LogP contribution in [0.25, 0.3) is 0 Å². The molecule has 0 bridgehead atoms. The number of hydrogen-bond acceptors (Lipinski definition) is 5. The van der Waals surface area contributed by atoms with Crippen molar-refractivity contribution in [3.8, 4) is 0 Å². The molecule has 160 valence electrons. The lowest BCUT2D eigenvalue weighted by Crippen LogP contribution is -2.30. The Hall–Kier alpha value is -2.17. The van der Waals surface area contributed by atoms with Crippen LogP contribution in [0.5, 0.6) is 0 Å². The number of rotatable bonds is 8. The van der Waals surface area contributed by atoms with Crippen molar-refractivity contribution in [2.75, 3.05) is 14.1 Å². The Morgan fingerprint density at radius 2 is 1.53 bits per heavy atom. The fourth-order valence-corrected chi connectivity index (χ4v) is 5.23. The van der Waals surface area contributed by atoms with E-state index in [1.807, 2.05) is 30.3 Å². The van der Waals surface area contributed by atoms with Crippen molar-refractivity contribution in [3.05, 3.63) is 83.1 Å². The van der Waals surface area contributed by atoms with E-state index >= 15 is 0 Å². The van der Waals surface area contributed by atoms with Crippen molar-refractivity contribution in [3.63, 3.8) is 0 Å². The third kappa shape index (κ3) is 4.93. The van der Waals surface area contributed by atoms with Gasteiger partial charge in [-0.15, -0.1) is 0 Å². The Morgan fingerprint density at radius 3 is 2.17 bits per heavy atom. The van der Waals surface area contributed by atoms with Crippen LogP contribution in [0.15, 0.2) is 81.1 Å². The van der Waals surface area contributed by atoms with Crippen LogP contribution in [0.4, 0.5) is 0 Å². The van der Waals surface area contributed by atoms with Crippen LogP contribution < -0.4 is 0 Å². The third-order valence-corrected chi connectivity index (χ3v) is 8.05. The molecule has 3 aromatic rings. The maximum absolute atomic E-state index is 13.3. The van der Waals surface area contributed by atoms with Gasteiger partial charge in [-0.1, -0.05) is 48.0 Å². The van der Waals surface area contributed by atoms with Crippen LogP contribution >= 0.6 is 11.6 Å². The lowest BCUT2D eigenvalue weighted by molar-refractivity contribution is 0.330. The summed E-state index contributed by atoms with van der Waals surface area (Å²) in [5, 5.41) is 0.0513. The highest BCUT2D eigenvalue weighted by atomic mass is 35.5. The van der Waals surface area contributed by atoms with E-state index < -0.39 is 20.0 Å². The van der Waals surface area contributed by atoms with Gasteiger partial charge in [-0.05, 0) is 35.9 Å². The van der Waals surface area contributed by atoms with E-state index in [9.17, 15) is 16.8 Å². The first-order chi connectivity index (χ1) is 14.1. The van der Waals surface area contributed by atoms with Crippen LogP contribution in [0.3, 0.4) is 0 Å². The zero-order chi connectivity index (χ0) is 21.9. The fourth-order valence-electron chi connectivity index (χ4n) is 2.73. The molecule has 0 spiro atoms. The van der Waals surface area contributed by atoms with Gasteiger partial charge in [0.25, 0.3) is 10.0 Å². The van der Waals surface area contributed by atoms with E-state index in [1.54, 1.807) is 12.1 Å². The van der Waals surface area contributed by atoms with Gasteiger partial charge in [0.2, 0.25) is 15.1 Å². The van der Waals surface area contributed by atoms with Crippen LogP contribution in [0.2, 0.25) is 5.02 Å². The molecule has 0 unspecified atom stereocenters. The molecule has 0 amide bonds. The van der Waals surface area contributed by atoms with Crippen molar-refractivity contribution >= 4 is 31.6 Å². The molecule has 1 aromatic heterocycles. The van der Waals surface area contributed by atoms with Gasteiger partial charge in [-0.3, -0.25) is 0 Å². The molecule has 0 aliphatic heterocycles. The molecule has 0 atom stereocenters. The van der Waals surface area contributed by atoms with Gasteiger partial charge < -0.3 is 4.42 Å². The largest absolute Gasteiger partial charge is 0.447 e. The van der Waals surface area contributed by atoms with E-state index in [0.29, 0.717) is 5.02 Å². The first-order valence-electron chi connectivity index (χ1n) is 8.91. The molecule has 7 nitrogen and oxygen atoms in total. The zero-order valence-corrected chi connectivity index (χ0v) is 18.8. The van der Waals surface area contributed by atoms with Gasteiger partial charge in [0.1, 0.15) is 5.76 Å². The van der Waals surface area contributed by atoms with Gasteiger partial charge in [0, 0.05) is 25.7 Å². The molecule has 0 N–H and O–H groups in total. The number of sulfonamides is 2. The average Bonchev–Trinajstić information content (AvgIpc) is 3.17. The predicted octanol–water partition coefficient (Wildman–Crippen LogP) is 3.57. The molecule has 0 aliphatic carbocycles. The highest BCUT2D eigenvalue weighted by molar-refractivity contribution is 7.89. The number of nitrogens with zero attached hydrogens (tertiary/aromatic N) is 2. The molecule has 0 radical (unpaired) electrons. The monoisotopic (exact) mass is 468 g/mol. The summed E-state index contributed by atoms with van der Waals surface area (Å²) in [6.07, 6.45) is 0. The van der Waals surface area contributed by atoms with Gasteiger partial charge in [0.15, 0.2) is 0 Å². The topological polar surface area (TPSA) is 87.9 Å². The predicted molar refractivity (Wildman–Crippen MR) is 114 cm³/mol. The summed E-state index contributed by atoms with van der Waals surface area (Å²) < 4.78 is 58.9. The lowest BCUT2D eigenvalue weighted by Gasteiger charge is -2.21. The average molecular weight is 469 g/mol. The quantitative estimate of drug-likeness (QED) is 0.504. The highest BCUT2D eigenvalue weighted by Gasteiger charge is 2.28. The molecule has 10 heteroatoms. The van der Waals surface area contributed by atoms with Crippen LogP contribution in [-0.4, -0.2) is 39.5 Å². The maximum Gasteiger partial charge on any atom is 0.275 e. The Kier molecular flexibility index (Phi) is 6.68. The molecule has 2 aromatic carbocycles. The van der Waals surface area contributed by atoms with Crippen molar-refractivity contribution in [1.29, 1.82) is 0 Å². The number of benzene rings is 2. The molecule has 0 saturated carbocycles. The zero-order valence-electron chi connectivity index (χ0n) is 16.4. The summed E-state index contributed by atoms with van der Waals surface area (Å²) in [4.78, 5) is 0.0404. The molecule has 0 saturated heterocycles. The molecule has 30 heavy (non-hydrogen) atoms. The third-order valence-electron chi connectivity index (χ3n) is 4.34. The summed E-state index contributed by atoms with van der Waals surface area (Å²) in [7, 11) is -4.91. The number of halogens is 1. The maximum atomic E-state index is 13.3. The summed E-state index contributed by atoms with van der Waals surface area (Å²) >= 11 is 5.99. The first kappa shape index (κ1) is 22.5. The lowest BCUT2D eigenvalue weighted by atomic mass is 10.2. The van der Waals surface area contributed by atoms with E-state index in [0.717, 1.165) is 9.87 Å². The van der Waals surface area contributed by atoms with Crippen molar-refractivity contribution in [1.82, 2.24) is 8.61 Å². The van der Waals surface area contributed by atoms with Gasteiger partial charge in [-0.25, -0.2) is 21.1 Å². The molecular weight excluding hydrogens is 448 g/mol. The summed E-state index contributed by atoms with van der Waals surface area (Å²) in [5.74, 6) is 0.206. The Labute approximate surface area is 181 Å².